The van der Waals surface area contributed by atoms with E-state index in [9.17, 15) is 4.39 Å². The third-order valence-electron chi connectivity index (χ3n) is 3.45. The lowest BCUT2D eigenvalue weighted by Gasteiger charge is -2.02. The van der Waals surface area contributed by atoms with Gasteiger partial charge in [0.1, 0.15) is 5.82 Å². The van der Waals surface area contributed by atoms with Crippen LogP contribution in [0.1, 0.15) is 30.7 Å². The molecule has 0 heterocycles. The van der Waals surface area contributed by atoms with Gasteiger partial charge >= 0.3 is 0 Å². The van der Waals surface area contributed by atoms with Crippen molar-refractivity contribution in [2.75, 3.05) is 6.54 Å². The molecule has 3 rings (SSSR count). The number of nitrogens with one attached hydrogen (secondary N) is 1. The second-order valence-electron chi connectivity index (χ2n) is 4.84. The van der Waals surface area contributed by atoms with Gasteiger partial charge in [-0.3, -0.25) is 0 Å². The van der Waals surface area contributed by atoms with Crippen molar-refractivity contribution in [2.24, 2.45) is 5.92 Å². The highest BCUT2D eigenvalue weighted by molar-refractivity contribution is 5.26. The SMILES string of the molecule is Fc1cccc(C2CC2CNC2CC2)c1. The van der Waals surface area contributed by atoms with Crippen LogP contribution in [-0.2, 0) is 0 Å². The van der Waals surface area contributed by atoms with Gasteiger partial charge in [-0.25, -0.2) is 4.39 Å². The Morgan fingerprint density at radius 3 is 2.93 bits per heavy atom. The van der Waals surface area contributed by atoms with E-state index in [2.05, 4.69) is 5.32 Å². The maximum absolute atomic E-state index is 13.0. The molecule has 15 heavy (non-hydrogen) atoms. The number of hydrogen-bond acceptors (Lipinski definition) is 1. The molecule has 2 unspecified atom stereocenters. The summed E-state index contributed by atoms with van der Waals surface area (Å²) in [6.45, 7) is 1.12. The van der Waals surface area contributed by atoms with Crippen molar-refractivity contribution >= 4 is 0 Å². The molecule has 2 atom stereocenters. The van der Waals surface area contributed by atoms with E-state index < -0.39 is 0 Å². The van der Waals surface area contributed by atoms with Crippen molar-refractivity contribution in [1.29, 1.82) is 0 Å². The van der Waals surface area contributed by atoms with Crippen LogP contribution >= 0.6 is 0 Å². The van der Waals surface area contributed by atoms with Crippen molar-refractivity contribution in [3.8, 4) is 0 Å². The lowest BCUT2D eigenvalue weighted by atomic mass is 10.1. The minimum Gasteiger partial charge on any atom is -0.314 e. The van der Waals surface area contributed by atoms with E-state index in [1.54, 1.807) is 6.07 Å². The minimum atomic E-state index is -0.103. The van der Waals surface area contributed by atoms with E-state index >= 15 is 0 Å². The van der Waals surface area contributed by atoms with Crippen molar-refractivity contribution in [3.63, 3.8) is 0 Å². The van der Waals surface area contributed by atoms with Crippen LogP contribution in [0.3, 0.4) is 0 Å². The average molecular weight is 205 g/mol. The summed E-state index contributed by atoms with van der Waals surface area (Å²) in [6.07, 6.45) is 3.91. The second kappa shape index (κ2) is 3.60. The third kappa shape index (κ3) is 2.20. The highest BCUT2D eigenvalue weighted by Crippen LogP contribution is 2.47. The van der Waals surface area contributed by atoms with Crippen LogP contribution in [0.15, 0.2) is 24.3 Å². The Labute approximate surface area is 89.7 Å². The summed E-state index contributed by atoms with van der Waals surface area (Å²) in [7, 11) is 0. The molecular formula is C13H16FN. The van der Waals surface area contributed by atoms with Crippen LogP contribution in [0, 0.1) is 11.7 Å². The fraction of sp³-hybridized carbons (Fsp3) is 0.538. The summed E-state index contributed by atoms with van der Waals surface area (Å²) in [5, 5.41) is 3.54. The zero-order valence-corrected chi connectivity index (χ0v) is 8.75. The zero-order valence-electron chi connectivity index (χ0n) is 8.75. The maximum atomic E-state index is 13.0. The first-order valence-electron chi connectivity index (χ1n) is 5.82. The maximum Gasteiger partial charge on any atom is 0.123 e. The molecule has 2 aliphatic rings. The number of benzene rings is 1. The molecule has 0 aliphatic heterocycles. The first kappa shape index (κ1) is 9.34. The fourth-order valence-electron chi connectivity index (χ4n) is 2.22. The van der Waals surface area contributed by atoms with Gasteiger partial charge in [0, 0.05) is 6.04 Å². The third-order valence-corrected chi connectivity index (χ3v) is 3.45. The predicted molar refractivity (Wildman–Crippen MR) is 58.3 cm³/mol. The Balaban J connectivity index is 1.56. The summed E-state index contributed by atoms with van der Waals surface area (Å²) >= 11 is 0. The van der Waals surface area contributed by atoms with Gasteiger partial charge in [-0.1, -0.05) is 12.1 Å². The molecule has 0 spiro atoms. The summed E-state index contributed by atoms with van der Waals surface area (Å²) < 4.78 is 13.0. The zero-order chi connectivity index (χ0) is 10.3. The van der Waals surface area contributed by atoms with Gasteiger partial charge in [-0.2, -0.15) is 0 Å². The molecule has 2 fully saturated rings. The second-order valence-corrected chi connectivity index (χ2v) is 4.84. The Hall–Kier alpha value is -0.890. The van der Waals surface area contributed by atoms with Crippen LogP contribution < -0.4 is 5.32 Å². The lowest BCUT2D eigenvalue weighted by Crippen LogP contribution is -2.19. The molecule has 1 nitrogen and oxygen atoms in total. The van der Waals surface area contributed by atoms with E-state index in [4.69, 9.17) is 0 Å². The molecule has 1 aromatic carbocycles. The number of halogens is 1. The van der Waals surface area contributed by atoms with Gasteiger partial charge in [0.05, 0.1) is 0 Å². The van der Waals surface area contributed by atoms with Gasteiger partial charge in [0.2, 0.25) is 0 Å². The van der Waals surface area contributed by atoms with Gasteiger partial charge in [-0.15, -0.1) is 0 Å². The van der Waals surface area contributed by atoms with Crippen LogP contribution in [0.25, 0.3) is 0 Å². The molecule has 1 aromatic rings. The van der Waals surface area contributed by atoms with E-state index in [-0.39, 0.29) is 5.82 Å². The van der Waals surface area contributed by atoms with Gasteiger partial charge in [-0.05, 0) is 55.3 Å². The smallest absolute Gasteiger partial charge is 0.123 e. The molecule has 80 valence electrons. The molecular weight excluding hydrogens is 189 g/mol. The Kier molecular flexibility index (Phi) is 2.24. The van der Waals surface area contributed by atoms with E-state index in [1.165, 1.54) is 30.9 Å². The van der Waals surface area contributed by atoms with Gasteiger partial charge < -0.3 is 5.32 Å². The molecule has 2 aliphatic carbocycles. The number of rotatable bonds is 4. The summed E-state index contributed by atoms with van der Waals surface area (Å²) in [5.41, 5.74) is 1.18. The summed E-state index contributed by atoms with van der Waals surface area (Å²) in [5.74, 6) is 1.24. The van der Waals surface area contributed by atoms with Crippen molar-refractivity contribution < 1.29 is 4.39 Å². The van der Waals surface area contributed by atoms with Gasteiger partial charge in [0.25, 0.3) is 0 Å². The van der Waals surface area contributed by atoms with Crippen LogP contribution in [-0.4, -0.2) is 12.6 Å². The van der Waals surface area contributed by atoms with Crippen LogP contribution in [0.4, 0.5) is 4.39 Å². The number of hydrogen-bond donors (Lipinski definition) is 1. The molecule has 1 N–H and O–H groups in total. The molecule has 0 radical (unpaired) electrons. The molecule has 0 aromatic heterocycles. The Bertz CT molecular complexity index is 359. The Morgan fingerprint density at radius 1 is 1.33 bits per heavy atom. The fourth-order valence-corrected chi connectivity index (χ4v) is 2.22. The first-order chi connectivity index (χ1) is 7.33. The van der Waals surface area contributed by atoms with E-state index in [0.717, 1.165) is 18.5 Å². The Morgan fingerprint density at radius 2 is 2.20 bits per heavy atom. The van der Waals surface area contributed by atoms with Crippen LogP contribution in [0.2, 0.25) is 0 Å². The molecule has 2 saturated carbocycles. The normalized spacial score (nSPS) is 29.1. The lowest BCUT2D eigenvalue weighted by molar-refractivity contribution is 0.615. The molecule has 2 heteroatoms. The van der Waals surface area contributed by atoms with Crippen molar-refractivity contribution in [3.05, 3.63) is 35.6 Å². The highest BCUT2D eigenvalue weighted by atomic mass is 19.1. The quantitative estimate of drug-likeness (QED) is 0.797. The highest BCUT2D eigenvalue weighted by Gasteiger charge is 2.38. The van der Waals surface area contributed by atoms with Gasteiger partial charge in [0.15, 0.2) is 0 Å². The monoisotopic (exact) mass is 205 g/mol. The summed E-state index contributed by atoms with van der Waals surface area (Å²) in [4.78, 5) is 0. The molecule has 0 amide bonds. The predicted octanol–water partition coefficient (Wildman–Crippen LogP) is 2.68. The first-order valence-corrected chi connectivity index (χ1v) is 5.82. The van der Waals surface area contributed by atoms with E-state index in [0.29, 0.717) is 5.92 Å². The largest absolute Gasteiger partial charge is 0.314 e. The van der Waals surface area contributed by atoms with E-state index in [1.807, 2.05) is 12.1 Å². The molecule has 0 saturated heterocycles. The van der Waals surface area contributed by atoms with Crippen molar-refractivity contribution in [1.82, 2.24) is 5.32 Å². The standard InChI is InChI=1S/C13H16FN/c14-11-3-1-2-9(6-11)13-7-10(13)8-15-12-4-5-12/h1-3,6,10,12-13,15H,4-5,7-8H2. The van der Waals surface area contributed by atoms with Crippen LogP contribution in [0.5, 0.6) is 0 Å². The summed E-state index contributed by atoms with van der Waals surface area (Å²) in [6, 6.07) is 7.85. The molecule has 0 bridgehead atoms. The average Bonchev–Trinajstić information content (AvgIpc) is 3.11. The topological polar surface area (TPSA) is 12.0 Å². The van der Waals surface area contributed by atoms with Crippen molar-refractivity contribution in [2.45, 2.75) is 31.2 Å². The minimum absolute atomic E-state index is 0.103.